The minimum Gasteiger partial charge on any atom is -0.493 e. The van der Waals surface area contributed by atoms with Gasteiger partial charge < -0.3 is 14.6 Å². The predicted molar refractivity (Wildman–Crippen MR) is 132 cm³/mol. The van der Waals surface area contributed by atoms with Crippen molar-refractivity contribution in [3.05, 3.63) is 65.6 Å². The van der Waals surface area contributed by atoms with Crippen molar-refractivity contribution in [2.75, 3.05) is 19.7 Å². The molecule has 0 atom stereocenters. The molecule has 184 valence electrons. The van der Waals surface area contributed by atoms with Crippen molar-refractivity contribution in [2.45, 2.75) is 37.8 Å². The van der Waals surface area contributed by atoms with Gasteiger partial charge in [-0.15, -0.1) is 0 Å². The minimum absolute atomic E-state index is 0.0292. The number of rotatable bonds is 6. The van der Waals surface area contributed by atoms with Crippen LogP contribution in [0.1, 0.15) is 29.8 Å². The lowest BCUT2D eigenvalue weighted by atomic mass is 9.97. The van der Waals surface area contributed by atoms with E-state index in [4.69, 9.17) is 4.74 Å². The molecule has 8 nitrogen and oxygen atoms in total. The molecule has 3 heterocycles. The number of piperidine rings is 1. The third kappa shape index (κ3) is 4.83. The Labute approximate surface area is 206 Å². The first-order valence-corrected chi connectivity index (χ1v) is 13.4. The van der Waals surface area contributed by atoms with Crippen molar-refractivity contribution in [3.8, 4) is 16.9 Å². The molecule has 2 aromatic carbocycles. The molecule has 0 bridgehead atoms. The lowest BCUT2D eigenvalue weighted by Crippen LogP contribution is -2.43. The molecular formula is C26H30N4O4S. The fourth-order valence-electron chi connectivity index (χ4n) is 4.66. The van der Waals surface area contributed by atoms with Crippen LogP contribution in [0.3, 0.4) is 0 Å². The molecule has 35 heavy (non-hydrogen) atoms. The second kappa shape index (κ2) is 9.47. The van der Waals surface area contributed by atoms with Gasteiger partial charge in [-0.25, -0.2) is 13.4 Å². The first kappa shape index (κ1) is 23.6. The Morgan fingerprint density at radius 1 is 1.11 bits per heavy atom. The number of hydrogen-bond donors (Lipinski definition) is 1. The zero-order chi connectivity index (χ0) is 24.6. The number of nitrogens with zero attached hydrogens (tertiary/aromatic N) is 3. The van der Waals surface area contributed by atoms with E-state index in [1.807, 2.05) is 18.2 Å². The number of aromatic nitrogens is 2. The molecule has 1 aromatic heterocycles. The Kier molecular flexibility index (Phi) is 6.37. The van der Waals surface area contributed by atoms with Crippen LogP contribution in [0.15, 0.2) is 53.7 Å². The van der Waals surface area contributed by atoms with Crippen molar-refractivity contribution in [1.82, 2.24) is 19.2 Å². The van der Waals surface area contributed by atoms with E-state index in [1.54, 1.807) is 18.5 Å². The van der Waals surface area contributed by atoms with E-state index in [-0.39, 0.29) is 16.9 Å². The lowest BCUT2D eigenvalue weighted by molar-refractivity contribution is -0.126. The Balaban J connectivity index is 1.13. The molecule has 1 fully saturated rings. The van der Waals surface area contributed by atoms with Crippen LogP contribution in [0.4, 0.5) is 0 Å². The molecule has 0 unspecified atom stereocenters. The molecule has 5 rings (SSSR count). The fraction of sp³-hybridized carbons (Fsp3) is 0.385. The van der Waals surface area contributed by atoms with Gasteiger partial charge in [0.05, 0.1) is 6.61 Å². The summed E-state index contributed by atoms with van der Waals surface area (Å²) in [5.74, 6) is 1.40. The molecule has 1 saturated heterocycles. The summed E-state index contributed by atoms with van der Waals surface area (Å²) in [6.45, 7) is 3.59. The van der Waals surface area contributed by atoms with Gasteiger partial charge in [-0.05, 0) is 54.2 Å². The normalized spacial score (nSPS) is 16.6. The molecule has 3 aromatic rings. The number of carbonyl (C=O) groups is 1. The number of nitrogens with one attached hydrogen (secondary N) is 1. The van der Waals surface area contributed by atoms with Crippen LogP contribution >= 0.6 is 0 Å². The number of ether oxygens (including phenoxy) is 1. The van der Waals surface area contributed by atoms with E-state index in [9.17, 15) is 13.2 Å². The lowest BCUT2D eigenvalue weighted by Gasteiger charge is -2.29. The summed E-state index contributed by atoms with van der Waals surface area (Å²) in [6.07, 6.45) is 3.48. The van der Waals surface area contributed by atoms with Crippen molar-refractivity contribution < 1.29 is 17.9 Å². The molecule has 0 radical (unpaired) electrons. The molecule has 2 aliphatic heterocycles. The molecular weight excluding hydrogens is 464 g/mol. The number of imidazole rings is 1. The fourth-order valence-corrected chi connectivity index (χ4v) is 6.15. The van der Waals surface area contributed by atoms with Crippen LogP contribution < -0.4 is 10.1 Å². The first-order valence-electron chi connectivity index (χ1n) is 11.9. The maximum Gasteiger partial charge on any atom is 0.262 e. The Bertz CT molecular complexity index is 1320. The highest BCUT2D eigenvalue weighted by molar-refractivity contribution is 7.89. The van der Waals surface area contributed by atoms with E-state index in [0.29, 0.717) is 38.3 Å². The van der Waals surface area contributed by atoms with Crippen LogP contribution in [-0.2, 0) is 34.8 Å². The zero-order valence-electron chi connectivity index (χ0n) is 20.0. The van der Waals surface area contributed by atoms with Gasteiger partial charge in [0.15, 0.2) is 5.03 Å². The van der Waals surface area contributed by atoms with E-state index >= 15 is 0 Å². The Morgan fingerprint density at radius 3 is 2.51 bits per heavy atom. The van der Waals surface area contributed by atoms with Crippen LogP contribution in [0.2, 0.25) is 0 Å². The van der Waals surface area contributed by atoms with E-state index in [0.717, 1.165) is 35.5 Å². The average molecular weight is 495 g/mol. The summed E-state index contributed by atoms with van der Waals surface area (Å²) in [7, 11) is -1.86. The number of fused-ring (bicyclic) bond motifs is 1. The number of amides is 1. The minimum atomic E-state index is -3.64. The van der Waals surface area contributed by atoms with Gasteiger partial charge in [0.2, 0.25) is 5.91 Å². The Hall–Kier alpha value is -3.17. The standard InChI is InChI=1S/C26H30N4O4S/c1-18-28-25(17-29(18)2)35(32,33)30-12-9-21(10-13-30)26(31)27-16-19-3-5-20(6-4-19)22-7-8-24-23(15-22)11-14-34-24/h3-8,15,17,21H,9-14,16H2,1-2H3,(H,27,31). The first-order chi connectivity index (χ1) is 16.8. The highest BCUT2D eigenvalue weighted by Gasteiger charge is 2.33. The molecule has 0 spiro atoms. The van der Waals surface area contributed by atoms with Gasteiger partial charge in [0.25, 0.3) is 10.0 Å². The van der Waals surface area contributed by atoms with E-state index < -0.39 is 10.0 Å². The summed E-state index contributed by atoms with van der Waals surface area (Å²) in [5, 5.41) is 3.09. The van der Waals surface area contributed by atoms with Gasteiger partial charge in [-0.2, -0.15) is 4.31 Å². The highest BCUT2D eigenvalue weighted by Crippen LogP contribution is 2.30. The van der Waals surface area contributed by atoms with Gasteiger partial charge in [-0.1, -0.05) is 30.3 Å². The summed E-state index contributed by atoms with van der Waals surface area (Å²) >= 11 is 0. The van der Waals surface area contributed by atoms with Gasteiger partial charge in [-0.3, -0.25) is 4.79 Å². The van der Waals surface area contributed by atoms with Crippen LogP contribution in [-0.4, -0.2) is 47.9 Å². The highest BCUT2D eigenvalue weighted by atomic mass is 32.2. The van der Waals surface area contributed by atoms with Crippen LogP contribution in [0.25, 0.3) is 11.1 Å². The monoisotopic (exact) mass is 494 g/mol. The predicted octanol–water partition coefficient (Wildman–Crippen LogP) is 3.05. The number of hydrogen-bond acceptors (Lipinski definition) is 5. The maximum atomic E-state index is 12.9. The smallest absolute Gasteiger partial charge is 0.262 e. The van der Waals surface area contributed by atoms with Gasteiger partial charge >= 0.3 is 0 Å². The molecule has 0 aliphatic carbocycles. The molecule has 1 amide bonds. The number of benzene rings is 2. The van der Waals surface area contributed by atoms with Gasteiger partial charge in [0.1, 0.15) is 11.6 Å². The number of aryl methyl sites for hydroxylation is 2. The third-order valence-corrected chi connectivity index (χ3v) is 8.73. The van der Waals surface area contributed by atoms with Crippen LogP contribution in [0, 0.1) is 12.8 Å². The molecule has 0 saturated carbocycles. The van der Waals surface area contributed by atoms with Crippen LogP contribution in [0.5, 0.6) is 5.75 Å². The summed E-state index contributed by atoms with van der Waals surface area (Å²) < 4.78 is 34.4. The van der Waals surface area contributed by atoms with Crippen molar-refractivity contribution in [1.29, 1.82) is 0 Å². The van der Waals surface area contributed by atoms with Crippen molar-refractivity contribution >= 4 is 15.9 Å². The van der Waals surface area contributed by atoms with E-state index in [1.165, 1.54) is 16.1 Å². The van der Waals surface area contributed by atoms with Crippen molar-refractivity contribution in [3.63, 3.8) is 0 Å². The maximum absolute atomic E-state index is 12.9. The topological polar surface area (TPSA) is 93.5 Å². The number of sulfonamides is 1. The SMILES string of the molecule is Cc1nc(S(=O)(=O)N2CCC(C(=O)NCc3ccc(-c4ccc5c(c4)CCO5)cc3)CC2)cn1C. The second-order valence-electron chi connectivity index (χ2n) is 9.25. The van der Waals surface area contributed by atoms with Gasteiger partial charge in [0, 0.05) is 45.2 Å². The molecule has 1 N–H and O–H groups in total. The average Bonchev–Trinajstić information content (AvgIpc) is 3.48. The molecule has 2 aliphatic rings. The zero-order valence-corrected chi connectivity index (χ0v) is 20.8. The summed E-state index contributed by atoms with van der Waals surface area (Å²) in [4.78, 5) is 16.9. The number of carbonyl (C=O) groups excluding carboxylic acids is 1. The largest absolute Gasteiger partial charge is 0.493 e. The quantitative estimate of drug-likeness (QED) is 0.569. The van der Waals surface area contributed by atoms with Crippen molar-refractivity contribution in [2.24, 2.45) is 13.0 Å². The molecule has 9 heteroatoms. The van der Waals surface area contributed by atoms with E-state index in [2.05, 4.69) is 34.6 Å². The summed E-state index contributed by atoms with van der Waals surface area (Å²) in [6, 6.07) is 14.5. The Morgan fingerprint density at radius 2 is 1.83 bits per heavy atom. The third-order valence-electron chi connectivity index (χ3n) is 6.96. The second-order valence-corrected chi connectivity index (χ2v) is 11.1. The summed E-state index contributed by atoms with van der Waals surface area (Å²) in [5.41, 5.74) is 4.56.